The Morgan fingerprint density at radius 1 is 1.12 bits per heavy atom. The van der Waals surface area contributed by atoms with Crippen LogP contribution >= 0.6 is 0 Å². The third-order valence-corrected chi connectivity index (χ3v) is 3.95. The highest BCUT2D eigenvalue weighted by molar-refractivity contribution is 7.85. The summed E-state index contributed by atoms with van der Waals surface area (Å²) in [6, 6.07) is 12.1. The highest BCUT2D eigenvalue weighted by Gasteiger charge is 2.03. The largest absolute Gasteiger partial charge is 0.362 e. The molecule has 1 aliphatic heterocycles. The van der Waals surface area contributed by atoms with Gasteiger partial charge in [0.15, 0.2) is 0 Å². The quantitative estimate of drug-likeness (QED) is 0.839. The van der Waals surface area contributed by atoms with E-state index in [0.29, 0.717) is 0 Å². The van der Waals surface area contributed by atoms with Gasteiger partial charge in [0.05, 0.1) is 17.9 Å². The summed E-state index contributed by atoms with van der Waals surface area (Å²) in [6.07, 6.45) is 6.01. The molecule has 0 bridgehead atoms. The Morgan fingerprint density at radius 3 is 2.21 bits per heavy atom. The minimum atomic E-state index is -3.66. The van der Waals surface area contributed by atoms with Gasteiger partial charge in [-0.2, -0.15) is 8.42 Å². The van der Waals surface area contributed by atoms with Crippen LogP contribution in [0.5, 0.6) is 0 Å². The van der Waals surface area contributed by atoms with E-state index in [1.54, 1.807) is 0 Å². The van der Waals surface area contributed by atoms with Crippen molar-refractivity contribution in [2.24, 2.45) is 0 Å². The van der Waals surface area contributed by atoms with E-state index >= 15 is 0 Å². The average molecular weight is 351 g/mol. The normalized spacial score (nSPS) is 13.2. The Hall–Kier alpha value is -2.12. The van der Waals surface area contributed by atoms with Crippen LogP contribution in [-0.4, -0.2) is 53.8 Å². The molecule has 24 heavy (non-hydrogen) atoms. The predicted octanol–water partition coefficient (Wildman–Crippen LogP) is 2.81. The van der Waals surface area contributed by atoms with E-state index in [1.165, 1.54) is 12.3 Å². The summed E-state index contributed by atoms with van der Waals surface area (Å²) in [5, 5.41) is 1.20. The zero-order valence-corrected chi connectivity index (χ0v) is 15.1. The van der Waals surface area contributed by atoms with Gasteiger partial charge in [0.2, 0.25) is 0 Å². The van der Waals surface area contributed by atoms with Crippen molar-refractivity contribution in [3.8, 4) is 0 Å². The van der Waals surface area contributed by atoms with Gasteiger partial charge in [0.1, 0.15) is 0 Å². The maximum atomic E-state index is 9.56. The lowest BCUT2D eigenvalue weighted by atomic mass is 10.2. The first-order valence-electron chi connectivity index (χ1n) is 7.73. The molecule has 3 rings (SSSR count). The van der Waals surface area contributed by atoms with E-state index in [1.807, 2.05) is 30.5 Å². The van der Waals surface area contributed by atoms with Crippen LogP contribution < -0.4 is 0 Å². The third kappa shape index (κ3) is 7.94. The second-order valence-corrected chi connectivity index (χ2v) is 6.91. The summed E-state index contributed by atoms with van der Waals surface area (Å²) < 4.78 is 26.9. The summed E-state index contributed by atoms with van der Waals surface area (Å²) in [6.45, 7) is 5.69. The molecular formula is C17H25N3O3S. The van der Waals surface area contributed by atoms with Crippen LogP contribution in [-0.2, 0) is 10.1 Å². The van der Waals surface area contributed by atoms with Gasteiger partial charge in [-0.05, 0) is 26.0 Å². The second-order valence-electron chi connectivity index (χ2n) is 5.17. The number of rotatable bonds is 2. The smallest absolute Gasteiger partial charge is 0.264 e. The molecule has 1 aliphatic rings. The van der Waals surface area contributed by atoms with E-state index in [9.17, 15) is 8.42 Å². The molecule has 132 valence electrons. The van der Waals surface area contributed by atoms with Gasteiger partial charge >= 0.3 is 0 Å². The van der Waals surface area contributed by atoms with Crippen molar-refractivity contribution < 1.29 is 13.0 Å². The van der Waals surface area contributed by atoms with E-state index in [-0.39, 0.29) is 5.75 Å². The molecule has 0 radical (unpaired) electrons. The summed E-state index contributed by atoms with van der Waals surface area (Å²) in [5.41, 5.74) is 1.06. The first kappa shape index (κ1) is 19.9. The van der Waals surface area contributed by atoms with E-state index in [0.717, 1.165) is 18.7 Å². The zero-order chi connectivity index (χ0) is 18.0. The Balaban J connectivity index is 0.000000188. The highest BCUT2D eigenvalue weighted by atomic mass is 32.2. The number of aromatic nitrogens is 1. The zero-order valence-electron chi connectivity index (χ0n) is 14.3. The molecule has 7 heteroatoms. The molecule has 1 aromatic heterocycles. The number of fused-ring (bicyclic) bond motifs is 1. The molecule has 0 saturated heterocycles. The average Bonchev–Trinajstić information content (AvgIpc) is 3.01. The first-order valence-corrected chi connectivity index (χ1v) is 9.34. The van der Waals surface area contributed by atoms with E-state index in [4.69, 9.17) is 4.55 Å². The maximum absolute atomic E-state index is 9.56. The molecule has 0 spiro atoms. The van der Waals surface area contributed by atoms with Crippen molar-refractivity contribution in [3.63, 3.8) is 0 Å². The lowest BCUT2D eigenvalue weighted by Gasteiger charge is -2.14. The Morgan fingerprint density at radius 2 is 1.75 bits per heavy atom. The Labute approximate surface area is 144 Å². The maximum Gasteiger partial charge on any atom is 0.264 e. The van der Waals surface area contributed by atoms with E-state index in [2.05, 4.69) is 53.3 Å². The van der Waals surface area contributed by atoms with Gasteiger partial charge in [-0.25, -0.2) is 0 Å². The predicted molar refractivity (Wildman–Crippen MR) is 98.0 cm³/mol. The van der Waals surface area contributed by atoms with Crippen molar-refractivity contribution in [2.45, 2.75) is 13.8 Å². The van der Waals surface area contributed by atoms with Gasteiger partial charge in [0, 0.05) is 37.6 Å². The topological polar surface area (TPSA) is 73.7 Å². The van der Waals surface area contributed by atoms with Gasteiger partial charge in [-0.15, -0.1) is 0 Å². The van der Waals surface area contributed by atoms with Crippen LogP contribution in [0.4, 0.5) is 0 Å². The van der Waals surface area contributed by atoms with E-state index < -0.39 is 10.1 Å². The number of pyridine rings is 1. The van der Waals surface area contributed by atoms with Crippen molar-refractivity contribution in [2.75, 3.05) is 26.0 Å². The fraction of sp³-hybridized carbons (Fsp3) is 0.353. The number of hydrogen-bond donors (Lipinski definition) is 1. The molecule has 1 aromatic carbocycles. The van der Waals surface area contributed by atoms with Crippen LogP contribution in [0, 0.1) is 0 Å². The Bertz CT molecular complexity index is 682. The molecule has 0 saturated carbocycles. The third-order valence-electron chi connectivity index (χ3n) is 3.22. The molecule has 0 unspecified atom stereocenters. The number of hydrogen-bond acceptors (Lipinski definition) is 5. The number of para-hydroxylation sites is 1. The minimum absolute atomic E-state index is 0.201. The number of nitrogens with zero attached hydrogens (tertiary/aromatic N) is 3. The standard InChI is InChI=1S/C9H7N.C6H12N2.C2H6O3S/c1-2-6-9-8(4-1)5-3-7-10-9;1-3-8-5-4-7(2)6-8;1-2-6(3,4)5/h1-7H;4-5H,3,6H2,1-2H3;2H2,1H3,(H,3,4,5). The molecule has 6 nitrogen and oxygen atoms in total. The molecule has 0 aliphatic carbocycles. The molecule has 2 aromatic rings. The molecule has 0 fully saturated rings. The summed E-state index contributed by atoms with van der Waals surface area (Å²) in [4.78, 5) is 8.59. The monoisotopic (exact) mass is 351 g/mol. The van der Waals surface area contributed by atoms with Gasteiger partial charge in [-0.3, -0.25) is 9.54 Å². The fourth-order valence-electron chi connectivity index (χ4n) is 1.81. The van der Waals surface area contributed by atoms with Crippen LogP contribution in [0.2, 0.25) is 0 Å². The molecule has 0 amide bonds. The van der Waals surface area contributed by atoms with Crippen LogP contribution in [0.15, 0.2) is 55.0 Å². The number of benzene rings is 1. The summed E-state index contributed by atoms with van der Waals surface area (Å²) >= 11 is 0. The first-order chi connectivity index (χ1) is 11.4. The van der Waals surface area contributed by atoms with Crippen molar-refractivity contribution >= 4 is 21.0 Å². The van der Waals surface area contributed by atoms with Crippen molar-refractivity contribution in [1.29, 1.82) is 0 Å². The highest BCUT2D eigenvalue weighted by Crippen LogP contribution is 2.07. The van der Waals surface area contributed by atoms with Crippen molar-refractivity contribution in [3.05, 3.63) is 55.0 Å². The SMILES string of the molecule is CCN1C=CN(C)C1.CCS(=O)(=O)O.c1ccc2ncccc2c1. The lowest BCUT2D eigenvalue weighted by molar-refractivity contribution is 0.308. The molecule has 2 heterocycles. The van der Waals surface area contributed by atoms with Gasteiger partial charge < -0.3 is 9.80 Å². The van der Waals surface area contributed by atoms with Crippen LogP contribution in [0.25, 0.3) is 10.9 Å². The Kier molecular flexibility index (Phi) is 8.21. The van der Waals surface area contributed by atoms with Crippen molar-refractivity contribution in [1.82, 2.24) is 14.8 Å². The second kappa shape index (κ2) is 9.89. The van der Waals surface area contributed by atoms with Crippen LogP contribution in [0.1, 0.15) is 13.8 Å². The minimum Gasteiger partial charge on any atom is -0.362 e. The summed E-state index contributed by atoms with van der Waals surface area (Å²) in [7, 11) is -1.59. The summed E-state index contributed by atoms with van der Waals surface area (Å²) in [5.74, 6) is -0.201. The van der Waals surface area contributed by atoms with Crippen LogP contribution in [0.3, 0.4) is 0 Å². The van der Waals surface area contributed by atoms with Gasteiger partial charge in [-0.1, -0.05) is 24.3 Å². The fourth-order valence-corrected chi connectivity index (χ4v) is 1.81. The lowest BCUT2D eigenvalue weighted by Crippen LogP contribution is -2.21. The van der Waals surface area contributed by atoms with Gasteiger partial charge in [0.25, 0.3) is 10.1 Å². The molecule has 1 N–H and O–H groups in total. The molecular weight excluding hydrogens is 326 g/mol. The molecule has 0 atom stereocenters.